The average molecular weight is 415 g/mol. The van der Waals surface area contributed by atoms with Crippen molar-refractivity contribution >= 4 is 17.6 Å². The van der Waals surface area contributed by atoms with Crippen molar-refractivity contribution in [2.45, 2.75) is 52.0 Å². The lowest BCUT2D eigenvalue weighted by Gasteiger charge is -2.33. The van der Waals surface area contributed by atoms with Gasteiger partial charge in [0.1, 0.15) is 5.82 Å². The molecule has 1 N–H and O–H groups in total. The molecule has 1 spiro atoms. The van der Waals surface area contributed by atoms with Gasteiger partial charge in [-0.25, -0.2) is 4.98 Å². The van der Waals surface area contributed by atoms with Crippen LogP contribution in [0, 0.1) is 11.3 Å². The zero-order chi connectivity index (χ0) is 21.1. The van der Waals surface area contributed by atoms with E-state index in [1.54, 1.807) is 0 Å². The van der Waals surface area contributed by atoms with Crippen molar-refractivity contribution in [3.63, 3.8) is 0 Å². The first-order valence-electron chi connectivity index (χ1n) is 11.3. The van der Waals surface area contributed by atoms with E-state index in [9.17, 15) is 9.59 Å². The van der Waals surface area contributed by atoms with Gasteiger partial charge in [0.15, 0.2) is 0 Å². The number of pyridine rings is 1. The highest BCUT2D eigenvalue weighted by molar-refractivity contribution is 5.79. The van der Waals surface area contributed by atoms with Crippen LogP contribution >= 0.6 is 0 Å². The Hall–Kier alpha value is -2.15. The molecule has 2 aliphatic heterocycles. The van der Waals surface area contributed by atoms with E-state index in [1.165, 1.54) is 0 Å². The minimum Gasteiger partial charge on any atom is -0.378 e. The van der Waals surface area contributed by atoms with Gasteiger partial charge >= 0.3 is 0 Å². The van der Waals surface area contributed by atoms with Crippen molar-refractivity contribution in [3.8, 4) is 0 Å². The van der Waals surface area contributed by atoms with E-state index >= 15 is 0 Å². The molecule has 164 valence electrons. The van der Waals surface area contributed by atoms with E-state index in [0.29, 0.717) is 12.5 Å². The number of hydrogen-bond donors (Lipinski definition) is 1. The Morgan fingerprint density at radius 3 is 2.67 bits per heavy atom. The molecule has 3 fully saturated rings. The van der Waals surface area contributed by atoms with Crippen LogP contribution in [0.15, 0.2) is 18.3 Å². The Labute approximate surface area is 179 Å². The summed E-state index contributed by atoms with van der Waals surface area (Å²) in [6, 6.07) is 4.42. The molecule has 4 rings (SSSR count). The van der Waals surface area contributed by atoms with E-state index in [1.807, 2.05) is 31.0 Å². The maximum Gasteiger partial charge on any atom is 0.222 e. The maximum absolute atomic E-state index is 12.8. The second-order valence-corrected chi connectivity index (χ2v) is 9.28. The summed E-state index contributed by atoms with van der Waals surface area (Å²) in [6.07, 6.45) is 6.18. The average Bonchev–Trinajstić information content (AvgIpc) is 3.43. The van der Waals surface area contributed by atoms with Gasteiger partial charge in [-0.3, -0.25) is 9.59 Å². The predicted octanol–water partition coefficient (Wildman–Crippen LogP) is 2.00. The smallest absolute Gasteiger partial charge is 0.222 e. The Balaban J connectivity index is 1.23. The largest absolute Gasteiger partial charge is 0.378 e. The van der Waals surface area contributed by atoms with Crippen molar-refractivity contribution in [1.82, 2.24) is 15.2 Å². The first-order chi connectivity index (χ1) is 14.5. The van der Waals surface area contributed by atoms with Crippen LogP contribution in [0.25, 0.3) is 0 Å². The molecule has 0 aromatic carbocycles. The molecule has 2 saturated heterocycles. The molecule has 1 atom stereocenters. The third-order valence-corrected chi connectivity index (χ3v) is 6.92. The fourth-order valence-electron chi connectivity index (χ4n) is 4.63. The maximum atomic E-state index is 12.8. The van der Waals surface area contributed by atoms with Crippen LogP contribution in [0.5, 0.6) is 0 Å². The molecule has 3 heterocycles. The van der Waals surface area contributed by atoms with Crippen LogP contribution in [0.2, 0.25) is 0 Å². The highest BCUT2D eigenvalue weighted by atomic mass is 16.5. The Kier molecular flexibility index (Phi) is 6.27. The summed E-state index contributed by atoms with van der Waals surface area (Å²) in [5, 5.41) is 3.18. The molecule has 7 nitrogen and oxygen atoms in total. The van der Waals surface area contributed by atoms with Crippen molar-refractivity contribution in [3.05, 3.63) is 23.9 Å². The number of rotatable bonds is 6. The number of carbonyl (C=O) groups excluding carboxylic acids is 2. The molecule has 1 aromatic heterocycles. The van der Waals surface area contributed by atoms with Gasteiger partial charge in [0, 0.05) is 50.8 Å². The molecule has 1 unspecified atom stereocenters. The number of aromatic nitrogens is 1. The number of likely N-dealkylation sites (tertiary alicyclic amines) is 1. The summed E-state index contributed by atoms with van der Waals surface area (Å²) in [6.45, 7) is 8.68. The Morgan fingerprint density at radius 2 is 1.97 bits per heavy atom. The number of anilines is 1. The zero-order valence-corrected chi connectivity index (χ0v) is 18.2. The number of hydrogen-bond acceptors (Lipinski definition) is 5. The molecule has 7 heteroatoms. The van der Waals surface area contributed by atoms with Gasteiger partial charge in [0.2, 0.25) is 11.8 Å². The van der Waals surface area contributed by atoms with Gasteiger partial charge < -0.3 is 19.9 Å². The van der Waals surface area contributed by atoms with Gasteiger partial charge in [-0.15, -0.1) is 0 Å². The Morgan fingerprint density at radius 1 is 1.23 bits per heavy atom. The number of piperidine rings is 1. The van der Waals surface area contributed by atoms with Crippen LogP contribution < -0.4 is 10.2 Å². The number of nitrogens with one attached hydrogen (secondary N) is 1. The minimum absolute atomic E-state index is 0.0289. The van der Waals surface area contributed by atoms with Crippen molar-refractivity contribution in [2.75, 3.05) is 44.3 Å². The van der Waals surface area contributed by atoms with E-state index in [4.69, 9.17) is 4.74 Å². The monoisotopic (exact) mass is 414 g/mol. The molecule has 30 heavy (non-hydrogen) atoms. The highest BCUT2D eigenvalue weighted by Gasteiger charge is 2.55. The van der Waals surface area contributed by atoms with Gasteiger partial charge in [-0.2, -0.15) is 0 Å². The Bertz CT molecular complexity index is 767. The van der Waals surface area contributed by atoms with E-state index in [2.05, 4.69) is 21.3 Å². The second-order valence-electron chi connectivity index (χ2n) is 9.28. The summed E-state index contributed by atoms with van der Waals surface area (Å²) < 4.78 is 5.41. The molecule has 0 bridgehead atoms. The van der Waals surface area contributed by atoms with E-state index in [0.717, 1.165) is 76.5 Å². The van der Waals surface area contributed by atoms with Crippen molar-refractivity contribution in [2.24, 2.45) is 11.3 Å². The lowest BCUT2D eigenvalue weighted by atomic mass is 9.92. The standard InChI is InChI=1S/C23H34N4O3/c1-17(2)22(29)25-19-16-23(19)6-9-27(10-7-23)21(28)4-3-18-5-8-24-20(15-18)26-11-13-30-14-12-26/h5,8,15,17,19H,3-4,6-7,9-14,16H2,1-2H3,(H,25,29). The molecular weight excluding hydrogens is 380 g/mol. The molecule has 2 amide bonds. The summed E-state index contributed by atoms with van der Waals surface area (Å²) in [4.78, 5) is 33.4. The van der Waals surface area contributed by atoms with Crippen molar-refractivity contribution < 1.29 is 14.3 Å². The fraction of sp³-hybridized carbons (Fsp3) is 0.696. The third-order valence-electron chi connectivity index (χ3n) is 6.92. The van der Waals surface area contributed by atoms with Crippen LogP contribution in [0.1, 0.15) is 45.1 Å². The number of ether oxygens (including phenoxy) is 1. The molecule has 1 saturated carbocycles. The summed E-state index contributed by atoms with van der Waals surface area (Å²) in [5.41, 5.74) is 1.39. The summed E-state index contributed by atoms with van der Waals surface area (Å²) in [7, 11) is 0. The minimum atomic E-state index is 0.0289. The first kappa shape index (κ1) is 21.1. The lowest BCUT2D eigenvalue weighted by molar-refractivity contribution is -0.133. The number of nitrogens with zero attached hydrogens (tertiary/aromatic N) is 3. The molecule has 0 radical (unpaired) electrons. The van der Waals surface area contributed by atoms with Crippen LogP contribution in [-0.2, 0) is 20.7 Å². The highest BCUT2D eigenvalue weighted by Crippen LogP contribution is 2.54. The topological polar surface area (TPSA) is 74.8 Å². The molecular formula is C23H34N4O3. The second kappa shape index (κ2) is 8.92. The molecule has 1 aliphatic carbocycles. The molecule has 1 aromatic rings. The predicted molar refractivity (Wildman–Crippen MR) is 115 cm³/mol. The van der Waals surface area contributed by atoms with Gasteiger partial charge in [0.05, 0.1) is 13.2 Å². The van der Waals surface area contributed by atoms with Crippen LogP contribution in [0.3, 0.4) is 0 Å². The number of morpholine rings is 1. The fourth-order valence-corrected chi connectivity index (χ4v) is 4.63. The zero-order valence-electron chi connectivity index (χ0n) is 18.2. The van der Waals surface area contributed by atoms with Crippen LogP contribution in [0.4, 0.5) is 5.82 Å². The summed E-state index contributed by atoms with van der Waals surface area (Å²) >= 11 is 0. The lowest BCUT2D eigenvalue weighted by Crippen LogP contribution is -2.42. The van der Waals surface area contributed by atoms with Gasteiger partial charge in [-0.1, -0.05) is 13.8 Å². The first-order valence-corrected chi connectivity index (χ1v) is 11.3. The quantitative estimate of drug-likeness (QED) is 0.771. The van der Waals surface area contributed by atoms with Gasteiger partial charge in [-0.05, 0) is 48.8 Å². The number of carbonyl (C=O) groups is 2. The number of aryl methyl sites for hydroxylation is 1. The third kappa shape index (κ3) is 4.77. The SMILES string of the molecule is CC(C)C(=O)NC1CC12CCN(C(=O)CCc1ccnc(N3CCOCC3)c1)CC2. The van der Waals surface area contributed by atoms with Crippen LogP contribution in [-0.4, -0.2) is 67.1 Å². The van der Waals surface area contributed by atoms with E-state index in [-0.39, 0.29) is 23.1 Å². The summed E-state index contributed by atoms with van der Waals surface area (Å²) in [5.74, 6) is 1.38. The number of amides is 2. The molecule has 3 aliphatic rings. The van der Waals surface area contributed by atoms with Crippen molar-refractivity contribution in [1.29, 1.82) is 0 Å². The normalized spacial score (nSPS) is 23.0. The van der Waals surface area contributed by atoms with E-state index < -0.39 is 0 Å². The van der Waals surface area contributed by atoms with Gasteiger partial charge in [0.25, 0.3) is 0 Å².